The van der Waals surface area contributed by atoms with Gasteiger partial charge >= 0.3 is 6.09 Å². The highest BCUT2D eigenvalue weighted by Crippen LogP contribution is 2.23. The van der Waals surface area contributed by atoms with Crippen LogP contribution in [0.25, 0.3) is 6.08 Å². The molecule has 1 saturated heterocycles. The van der Waals surface area contributed by atoms with Gasteiger partial charge in [-0.25, -0.2) is 10.3 Å². The molecular weight excluding hydrogens is 376 g/mol. The van der Waals surface area contributed by atoms with Crippen LogP contribution in [-0.4, -0.2) is 67.3 Å². The highest BCUT2D eigenvalue weighted by Gasteiger charge is 2.21. The minimum atomic E-state index is -0.590. The van der Waals surface area contributed by atoms with Gasteiger partial charge in [-0.3, -0.25) is 14.8 Å². The topological polar surface area (TPSA) is 111 Å². The summed E-state index contributed by atoms with van der Waals surface area (Å²) in [5.74, 6) is -0.518. The highest BCUT2D eigenvalue weighted by molar-refractivity contribution is 5.91. The van der Waals surface area contributed by atoms with Gasteiger partial charge in [-0.05, 0) is 31.1 Å². The summed E-state index contributed by atoms with van der Waals surface area (Å²) in [6.07, 6.45) is 3.40. The van der Waals surface area contributed by atoms with Crippen LogP contribution in [0, 0.1) is 0 Å². The summed E-state index contributed by atoms with van der Waals surface area (Å²) in [4.78, 5) is 38.8. The summed E-state index contributed by atoms with van der Waals surface area (Å²) >= 11 is 0. The highest BCUT2D eigenvalue weighted by atomic mass is 16.5. The molecule has 0 atom stereocenters. The Kier molecular flexibility index (Phi) is 8.97. The molecule has 0 radical (unpaired) electrons. The zero-order valence-electron chi connectivity index (χ0n) is 16.6. The van der Waals surface area contributed by atoms with Gasteiger partial charge in [-0.15, -0.1) is 0 Å². The fourth-order valence-corrected chi connectivity index (χ4v) is 3.09. The normalized spacial score (nSPS) is 14.0. The number of alkyl carbamates (subject to hydrolysis) is 1. The van der Waals surface area contributed by atoms with E-state index in [-0.39, 0.29) is 5.91 Å². The first-order chi connectivity index (χ1) is 14.0. The summed E-state index contributed by atoms with van der Waals surface area (Å²) in [5.41, 5.74) is 3.41. The van der Waals surface area contributed by atoms with Gasteiger partial charge in [0.1, 0.15) is 0 Å². The zero-order valence-corrected chi connectivity index (χ0v) is 16.6. The van der Waals surface area contributed by atoms with Crippen molar-refractivity contribution in [2.75, 3.05) is 44.2 Å². The molecule has 0 aromatic heterocycles. The number of hydrogen-bond donors (Lipinski definition) is 3. The van der Waals surface area contributed by atoms with Crippen molar-refractivity contribution < 1.29 is 24.3 Å². The number of carbonyl (C=O) groups is 3. The van der Waals surface area contributed by atoms with E-state index in [9.17, 15) is 14.4 Å². The van der Waals surface area contributed by atoms with Crippen molar-refractivity contribution in [3.05, 3.63) is 35.9 Å². The van der Waals surface area contributed by atoms with E-state index in [0.29, 0.717) is 52.2 Å². The number of nitrogens with zero attached hydrogens (tertiary/aromatic N) is 2. The lowest BCUT2D eigenvalue weighted by molar-refractivity contribution is -0.131. The summed E-state index contributed by atoms with van der Waals surface area (Å²) in [5, 5.41) is 11.2. The molecule has 0 spiro atoms. The molecule has 9 heteroatoms. The molecule has 1 aromatic rings. The van der Waals surface area contributed by atoms with Crippen LogP contribution in [-0.2, 0) is 14.3 Å². The number of benzene rings is 1. The second-order valence-corrected chi connectivity index (χ2v) is 6.49. The second kappa shape index (κ2) is 11.7. The van der Waals surface area contributed by atoms with Crippen LogP contribution in [0.3, 0.4) is 0 Å². The number of anilines is 1. The maximum atomic E-state index is 12.4. The van der Waals surface area contributed by atoms with E-state index in [2.05, 4.69) is 10.2 Å². The molecule has 1 heterocycles. The number of amides is 3. The van der Waals surface area contributed by atoms with Crippen molar-refractivity contribution in [1.82, 2.24) is 15.7 Å². The van der Waals surface area contributed by atoms with Crippen LogP contribution >= 0.6 is 0 Å². The predicted octanol–water partition coefficient (Wildman–Crippen LogP) is 1.38. The van der Waals surface area contributed by atoms with Gasteiger partial charge < -0.3 is 19.9 Å². The summed E-state index contributed by atoms with van der Waals surface area (Å²) in [6.45, 7) is 5.06. The first kappa shape index (κ1) is 22.2. The number of ether oxygens (including phenoxy) is 1. The van der Waals surface area contributed by atoms with Gasteiger partial charge in [0.2, 0.25) is 5.91 Å². The van der Waals surface area contributed by atoms with E-state index < -0.39 is 12.0 Å². The minimum Gasteiger partial charge on any atom is -0.450 e. The molecule has 2 rings (SSSR count). The first-order valence-electron chi connectivity index (χ1n) is 9.69. The Morgan fingerprint density at radius 3 is 2.59 bits per heavy atom. The quantitative estimate of drug-likeness (QED) is 0.261. The van der Waals surface area contributed by atoms with Crippen molar-refractivity contribution >= 4 is 29.7 Å². The van der Waals surface area contributed by atoms with E-state index in [4.69, 9.17) is 9.94 Å². The molecule has 0 aliphatic carbocycles. The van der Waals surface area contributed by atoms with E-state index in [1.54, 1.807) is 18.5 Å². The SMILES string of the molecule is CCOC(=O)NCCCC(=O)N1CCN(c2ccccc2/C=C/C(=O)NO)CC1. The molecule has 158 valence electrons. The minimum absolute atomic E-state index is 0.0723. The largest absolute Gasteiger partial charge is 0.450 e. The van der Waals surface area contributed by atoms with Crippen LogP contribution in [0.15, 0.2) is 30.3 Å². The predicted molar refractivity (Wildman–Crippen MR) is 108 cm³/mol. The Hall–Kier alpha value is -3.07. The Labute approximate surface area is 170 Å². The van der Waals surface area contributed by atoms with Crippen LogP contribution in [0.2, 0.25) is 0 Å². The van der Waals surface area contributed by atoms with Crippen molar-refractivity contribution in [3.8, 4) is 0 Å². The zero-order chi connectivity index (χ0) is 21.1. The molecule has 0 saturated carbocycles. The van der Waals surface area contributed by atoms with Gasteiger partial charge in [0.15, 0.2) is 0 Å². The lowest BCUT2D eigenvalue weighted by Crippen LogP contribution is -2.49. The summed E-state index contributed by atoms with van der Waals surface area (Å²) in [6, 6.07) is 7.66. The van der Waals surface area contributed by atoms with Gasteiger partial charge in [0.25, 0.3) is 5.91 Å². The second-order valence-electron chi connectivity index (χ2n) is 6.49. The third-order valence-electron chi connectivity index (χ3n) is 4.55. The van der Waals surface area contributed by atoms with Crippen LogP contribution in [0.4, 0.5) is 10.5 Å². The smallest absolute Gasteiger partial charge is 0.407 e. The number of hydrogen-bond acceptors (Lipinski definition) is 6. The standard InChI is InChI=1S/C20H28N4O5/c1-2-29-20(27)21-11-5-8-19(26)24-14-12-23(13-15-24)17-7-4-3-6-16(17)9-10-18(25)22-28/h3-4,6-7,9-10,28H,2,5,8,11-15H2,1H3,(H,21,27)(H,22,25)/b10-9+. The molecule has 0 unspecified atom stereocenters. The van der Waals surface area contributed by atoms with Gasteiger partial charge in [-0.2, -0.15) is 0 Å². The number of carbonyl (C=O) groups excluding carboxylic acids is 3. The molecule has 0 bridgehead atoms. The van der Waals surface area contributed by atoms with E-state index >= 15 is 0 Å². The molecular formula is C20H28N4O5. The lowest BCUT2D eigenvalue weighted by Gasteiger charge is -2.37. The molecule has 1 aromatic carbocycles. The number of hydroxylamine groups is 1. The number of para-hydroxylation sites is 1. The molecule has 29 heavy (non-hydrogen) atoms. The van der Waals surface area contributed by atoms with Crippen LogP contribution in [0.5, 0.6) is 0 Å². The number of piperazine rings is 1. The van der Waals surface area contributed by atoms with Crippen molar-refractivity contribution in [2.24, 2.45) is 0 Å². The third-order valence-corrected chi connectivity index (χ3v) is 4.55. The Morgan fingerprint density at radius 2 is 1.90 bits per heavy atom. The van der Waals surface area contributed by atoms with E-state index in [1.165, 1.54) is 6.08 Å². The molecule has 9 nitrogen and oxygen atoms in total. The third kappa shape index (κ3) is 7.11. The monoisotopic (exact) mass is 404 g/mol. The van der Waals surface area contributed by atoms with Crippen molar-refractivity contribution in [3.63, 3.8) is 0 Å². The maximum Gasteiger partial charge on any atom is 0.407 e. The molecule has 1 aliphatic rings. The van der Waals surface area contributed by atoms with Gasteiger partial charge in [0.05, 0.1) is 6.61 Å². The van der Waals surface area contributed by atoms with Gasteiger partial charge in [0, 0.05) is 50.9 Å². The van der Waals surface area contributed by atoms with E-state index in [0.717, 1.165) is 11.3 Å². The van der Waals surface area contributed by atoms with E-state index in [1.807, 2.05) is 29.2 Å². The van der Waals surface area contributed by atoms with Gasteiger partial charge in [-0.1, -0.05) is 18.2 Å². The Balaban J connectivity index is 1.82. The molecule has 3 amide bonds. The number of nitrogens with one attached hydrogen (secondary N) is 2. The first-order valence-corrected chi connectivity index (χ1v) is 9.69. The molecule has 3 N–H and O–H groups in total. The summed E-state index contributed by atoms with van der Waals surface area (Å²) < 4.78 is 4.78. The lowest BCUT2D eigenvalue weighted by atomic mass is 10.1. The fraction of sp³-hybridized carbons (Fsp3) is 0.450. The van der Waals surface area contributed by atoms with Crippen LogP contribution in [0.1, 0.15) is 25.3 Å². The number of rotatable bonds is 8. The maximum absolute atomic E-state index is 12.4. The Morgan fingerprint density at radius 1 is 1.17 bits per heavy atom. The van der Waals surface area contributed by atoms with Crippen molar-refractivity contribution in [1.29, 1.82) is 0 Å². The molecule has 1 aliphatic heterocycles. The average Bonchev–Trinajstić information content (AvgIpc) is 2.75. The fourth-order valence-electron chi connectivity index (χ4n) is 3.09. The van der Waals surface area contributed by atoms with Crippen molar-refractivity contribution in [2.45, 2.75) is 19.8 Å². The summed E-state index contributed by atoms with van der Waals surface area (Å²) in [7, 11) is 0. The Bertz CT molecular complexity index is 729. The van der Waals surface area contributed by atoms with Crippen LogP contribution < -0.4 is 15.7 Å². The average molecular weight is 404 g/mol. The molecule has 1 fully saturated rings.